The smallest absolute Gasteiger partial charge is 0.234 e. The summed E-state index contributed by atoms with van der Waals surface area (Å²) in [6.45, 7) is -0.179. The second-order valence-electron chi connectivity index (χ2n) is 1.17. The number of hydrogen-bond donors (Lipinski definition) is 2. The molecule has 0 aliphatic carbocycles. The molecule has 0 aliphatic rings. The lowest BCUT2D eigenvalue weighted by molar-refractivity contribution is 0.262. The van der Waals surface area contributed by atoms with Crippen LogP contribution in [0.1, 0.15) is 0 Å². The van der Waals surface area contributed by atoms with Crippen molar-refractivity contribution < 1.29 is 10.2 Å². The van der Waals surface area contributed by atoms with E-state index in [9.17, 15) is 0 Å². The zero-order valence-electron chi connectivity index (χ0n) is 4.01. The molecule has 0 spiro atoms. The Kier molecular flexibility index (Phi) is 3.40. The monoisotopic (exact) mass is 156 g/mol. The van der Waals surface area contributed by atoms with Crippen LogP contribution in [0.2, 0.25) is 0 Å². The highest BCUT2D eigenvalue weighted by molar-refractivity contribution is 6.48. The van der Waals surface area contributed by atoms with Crippen LogP contribution < -0.4 is 0 Å². The van der Waals surface area contributed by atoms with Gasteiger partial charge in [-0.3, -0.25) is 0 Å². The van der Waals surface area contributed by atoms with Gasteiger partial charge in [0.05, 0.1) is 6.61 Å². The molecule has 0 atom stereocenters. The maximum Gasteiger partial charge on any atom is 0.234 e. The van der Waals surface area contributed by atoms with Crippen molar-refractivity contribution in [3.05, 3.63) is 12.2 Å². The molecule has 0 unspecified atom stereocenters. The van der Waals surface area contributed by atoms with E-state index in [0.717, 1.165) is 6.08 Å². The summed E-state index contributed by atoms with van der Waals surface area (Å²) in [5, 5.41) is 16.6. The third kappa shape index (κ3) is 6.24. The number of aliphatic hydroxyl groups is 2. The minimum absolute atomic E-state index is 0.179. The second-order valence-corrected chi connectivity index (χ2v) is 2.52. The molecule has 0 aliphatic heterocycles. The Morgan fingerprint density at radius 3 is 2.12 bits per heavy atom. The molecule has 0 saturated heterocycles. The third-order valence-electron chi connectivity index (χ3n) is 0.424. The summed E-state index contributed by atoms with van der Waals surface area (Å²) in [5.41, 5.74) is 0. The normalized spacial score (nSPS) is 13.0. The van der Waals surface area contributed by atoms with Crippen molar-refractivity contribution in [2.45, 2.75) is 4.52 Å². The van der Waals surface area contributed by atoms with Crippen LogP contribution in [-0.4, -0.2) is 21.3 Å². The van der Waals surface area contributed by atoms with Gasteiger partial charge in [0, 0.05) is 0 Å². The van der Waals surface area contributed by atoms with Crippen LogP contribution in [0.5, 0.6) is 0 Å². The molecule has 0 amide bonds. The molecule has 0 aromatic rings. The van der Waals surface area contributed by atoms with Crippen LogP contribution in [0.4, 0.5) is 0 Å². The molecule has 8 heavy (non-hydrogen) atoms. The molecule has 0 bridgehead atoms. The lowest BCUT2D eigenvalue weighted by Crippen LogP contribution is -2.05. The second kappa shape index (κ2) is 3.30. The topological polar surface area (TPSA) is 40.5 Å². The first-order valence-electron chi connectivity index (χ1n) is 1.95. The number of alkyl halides is 2. The Morgan fingerprint density at radius 1 is 1.50 bits per heavy atom. The van der Waals surface area contributed by atoms with Crippen molar-refractivity contribution in [3.8, 4) is 0 Å². The van der Waals surface area contributed by atoms with E-state index in [1.807, 2.05) is 0 Å². The van der Waals surface area contributed by atoms with Crippen molar-refractivity contribution in [1.82, 2.24) is 0 Å². The van der Waals surface area contributed by atoms with Crippen LogP contribution in [-0.2, 0) is 0 Å². The van der Waals surface area contributed by atoms with Crippen molar-refractivity contribution in [1.29, 1.82) is 0 Å². The first-order chi connectivity index (χ1) is 3.56. The highest BCUT2D eigenvalue weighted by Gasteiger charge is 2.11. The molecule has 2 N–H and O–H groups in total. The largest absolute Gasteiger partial charge is 0.392 e. The number of aliphatic hydroxyl groups excluding tert-OH is 1. The fraction of sp³-hybridized carbons (Fsp3) is 0.500. The van der Waals surface area contributed by atoms with Gasteiger partial charge in [0.1, 0.15) is 0 Å². The summed E-state index contributed by atoms with van der Waals surface area (Å²) in [6.07, 6.45) is 2.33. The maximum atomic E-state index is 8.48. The molecule has 2 nitrogen and oxygen atoms in total. The summed E-state index contributed by atoms with van der Waals surface area (Å²) in [7, 11) is 0. The highest BCUT2D eigenvalue weighted by atomic mass is 35.5. The standard InChI is InChI=1S/C4H6Cl2O2/c5-4(6,8)2-1-3-7/h1-2,7-8H,3H2. The quantitative estimate of drug-likeness (QED) is 0.456. The predicted octanol–water partition coefficient (Wildman–Crippen LogP) is 0.659. The highest BCUT2D eigenvalue weighted by Crippen LogP contribution is 2.16. The fourth-order valence-corrected chi connectivity index (χ4v) is 0.373. The Bertz CT molecular complexity index is 84.5. The van der Waals surface area contributed by atoms with Crippen molar-refractivity contribution in [3.63, 3.8) is 0 Å². The molecule has 4 heteroatoms. The minimum atomic E-state index is -1.84. The van der Waals surface area contributed by atoms with Gasteiger partial charge in [-0.05, 0) is 6.08 Å². The van der Waals surface area contributed by atoms with Crippen LogP contribution >= 0.6 is 23.2 Å². The van der Waals surface area contributed by atoms with Gasteiger partial charge in [0.15, 0.2) is 0 Å². The average molecular weight is 157 g/mol. The summed E-state index contributed by atoms with van der Waals surface area (Å²) in [5.74, 6) is 0. The molecule has 0 radical (unpaired) electrons. The Balaban J connectivity index is 3.52. The SMILES string of the molecule is OCC=CC(O)(Cl)Cl. The van der Waals surface area contributed by atoms with Gasteiger partial charge in [0.25, 0.3) is 0 Å². The van der Waals surface area contributed by atoms with Crippen molar-refractivity contribution >= 4 is 23.2 Å². The van der Waals surface area contributed by atoms with Crippen LogP contribution in [0.25, 0.3) is 0 Å². The molecule has 48 valence electrons. The van der Waals surface area contributed by atoms with E-state index in [4.69, 9.17) is 33.4 Å². The lowest BCUT2D eigenvalue weighted by Gasteiger charge is -2.02. The molecule has 0 aromatic carbocycles. The molecule has 0 heterocycles. The first kappa shape index (κ1) is 8.24. The van der Waals surface area contributed by atoms with Gasteiger partial charge in [-0.15, -0.1) is 0 Å². The zero-order valence-corrected chi connectivity index (χ0v) is 5.52. The maximum absolute atomic E-state index is 8.48. The average Bonchev–Trinajstić information content (AvgIpc) is 1.59. The molecule has 0 fully saturated rings. The zero-order chi connectivity index (χ0) is 6.62. The van der Waals surface area contributed by atoms with E-state index in [-0.39, 0.29) is 6.61 Å². The number of halogens is 2. The molecular formula is C4H6Cl2O2. The Morgan fingerprint density at radius 2 is 2.00 bits per heavy atom. The van der Waals surface area contributed by atoms with Crippen molar-refractivity contribution in [2.24, 2.45) is 0 Å². The summed E-state index contributed by atoms with van der Waals surface area (Å²) in [4.78, 5) is 0. The summed E-state index contributed by atoms with van der Waals surface area (Å²) < 4.78 is -1.84. The van der Waals surface area contributed by atoms with Crippen molar-refractivity contribution in [2.75, 3.05) is 6.61 Å². The molecule has 0 saturated carbocycles. The van der Waals surface area contributed by atoms with E-state index in [0.29, 0.717) is 0 Å². The van der Waals surface area contributed by atoms with E-state index >= 15 is 0 Å². The van der Waals surface area contributed by atoms with Gasteiger partial charge in [0.2, 0.25) is 4.52 Å². The Hall–Kier alpha value is 0.240. The fourth-order valence-electron chi connectivity index (χ4n) is 0.194. The third-order valence-corrected chi connectivity index (χ3v) is 0.676. The van der Waals surface area contributed by atoms with Gasteiger partial charge in [-0.1, -0.05) is 29.3 Å². The first-order valence-corrected chi connectivity index (χ1v) is 2.70. The number of rotatable bonds is 2. The number of hydrogen-bond acceptors (Lipinski definition) is 2. The molecule has 0 rings (SSSR count). The van der Waals surface area contributed by atoms with Crippen LogP contribution in [0, 0.1) is 0 Å². The van der Waals surface area contributed by atoms with Gasteiger partial charge < -0.3 is 10.2 Å². The lowest BCUT2D eigenvalue weighted by atomic mass is 10.5. The van der Waals surface area contributed by atoms with Gasteiger partial charge in [-0.25, -0.2) is 0 Å². The van der Waals surface area contributed by atoms with E-state index < -0.39 is 4.52 Å². The minimum Gasteiger partial charge on any atom is -0.392 e. The predicted molar refractivity (Wildman–Crippen MR) is 32.9 cm³/mol. The van der Waals surface area contributed by atoms with Crippen LogP contribution in [0.15, 0.2) is 12.2 Å². The Labute approximate surface area is 57.3 Å². The molecular weight excluding hydrogens is 151 g/mol. The van der Waals surface area contributed by atoms with Gasteiger partial charge in [-0.2, -0.15) is 0 Å². The van der Waals surface area contributed by atoms with E-state index in [1.165, 1.54) is 6.08 Å². The summed E-state index contributed by atoms with van der Waals surface area (Å²) in [6, 6.07) is 0. The van der Waals surface area contributed by atoms with E-state index in [2.05, 4.69) is 0 Å². The van der Waals surface area contributed by atoms with Gasteiger partial charge >= 0.3 is 0 Å². The van der Waals surface area contributed by atoms with E-state index in [1.54, 1.807) is 0 Å². The summed E-state index contributed by atoms with van der Waals surface area (Å²) >= 11 is 10.1. The van der Waals surface area contributed by atoms with Crippen LogP contribution in [0.3, 0.4) is 0 Å². The molecule has 0 aromatic heterocycles.